The number of hydrogen-bond donors (Lipinski definition) is 2. The highest BCUT2D eigenvalue weighted by molar-refractivity contribution is 5.65. The molecule has 1 aliphatic carbocycles. The molecule has 1 fully saturated rings. The summed E-state index contributed by atoms with van der Waals surface area (Å²) in [5.74, 6) is 0.719. The van der Waals surface area contributed by atoms with E-state index in [0.717, 1.165) is 31.6 Å². The van der Waals surface area contributed by atoms with Gasteiger partial charge in [-0.25, -0.2) is 4.79 Å². The first-order valence-electron chi connectivity index (χ1n) is 5.25. The third-order valence-corrected chi connectivity index (χ3v) is 3.01. The summed E-state index contributed by atoms with van der Waals surface area (Å²) in [7, 11) is 0. The predicted molar refractivity (Wildman–Crippen MR) is 53.2 cm³/mol. The van der Waals surface area contributed by atoms with Crippen LogP contribution < -0.4 is 0 Å². The second-order valence-electron chi connectivity index (χ2n) is 4.11. The second-order valence-corrected chi connectivity index (χ2v) is 4.11. The quantitative estimate of drug-likeness (QED) is 0.728. The van der Waals surface area contributed by atoms with Crippen LogP contribution in [0.3, 0.4) is 0 Å². The Morgan fingerprint density at radius 2 is 1.93 bits per heavy atom. The molecule has 0 aliphatic heterocycles. The Morgan fingerprint density at radius 3 is 2.36 bits per heavy atom. The molecule has 0 aromatic carbocycles. The van der Waals surface area contributed by atoms with Crippen LogP contribution in [0, 0.1) is 5.92 Å². The fourth-order valence-electron chi connectivity index (χ4n) is 2.10. The molecule has 0 unspecified atom stereocenters. The zero-order valence-electron chi connectivity index (χ0n) is 8.65. The van der Waals surface area contributed by atoms with Gasteiger partial charge in [0.05, 0.1) is 6.61 Å². The molecule has 14 heavy (non-hydrogen) atoms. The van der Waals surface area contributed by atoms with Crippen LogP contribution in [0.4, 0.5) is 4.79 Å². The van der Waals surface area contributed by atoms with E-state index in [1.165, 1.54) is 4.90 Å². The van der Waals surface area contributed by atoms with E-state index >= 15 is 0 Å². The molecule has 0 radical (unpaired) electrons. The lowest BCUT2D eigenvalue weighted by atomic mass is 9.87. The number of carbonyl (C=O) groups is 1. The van der Waals surface area contributed by atoms with Crippen molar-refractivity contribution < 1.29 is 15.0 Å². The van der Waals surface area contributed by atoms with Crippen molar-refractivity contribution in [1.82, 2.24) is 4.90 Å². The third kappa shape index (κ3) is 2.87. The smallest absolute Gasteiger partial charge is 0.407 e. The number of nitrogens with zero attached hydrogens (tertiary/aromatic N) is 1. The van der Waals surface area contributed by atoms with Crippen LogP contribution in [0.5, 0.6) is 0 Å². The van der Waals surface area contributed by atoms with Crippen molar-refractivity contribution in [1.29, 1.82) is 0 Å². The molecule has 1 amide bonds. The number of aliphatic hydroxyl groups excluding tert-OH is 1. The average Bonchev–Trinajstić information content (AvgIpc) is 2.15. The average molecular weight is 201 g/mol. The van der Waals surface area contributed by atoms with Crippen LogP contribution in [0.15, 0.2) is 0 Å². The Balaban J connectivity index is 2.47. The normalized spacial score (nSPS) is 27.3. The van der Waals surface area contributed by atoms with Gasteiger partial charge in [0.15, 0.2) is 0 Å². The minimum atomic E-state index is -0.904. The van der Waals surface area contributed by atoms with Crippen molar-refractivity contribution in [3.8, 4) is 0 Å². The molecule has 0 aromatic heterocycles. The van der Waals surface area contributed by atoms with Gasteiger partial charge in [-0.05, 0) is 31.6 Å². The number of aliphatic hydroxyl groups is 1. The molecular weight excluding hydrogens is 182 g/mol. The Kier molecular flexibility index (Phi) is 4.20. The van der Waals surface area contributed by atoms with Gasteiger partial charge < -0.3 is 15.1 Å². The van der Waals surface area contributed by atoms with Crippen LogP contribution in [-0.2, 0) is 0 Å². The number of hydrogen-bond acceptors (Lipinski definition) is 2. The van der Waals surface area contributed by atoms with Crippen molar-refractivity contribution >= 4 is 6.09 Å². The molecule has 0 heterocycles. The zero-order valence-corrected chi connectivity index (χ0v) is 8.65. The molecule has 82 valence electrons. The maximum absolute atomic E-state index is 10.9. The van der Waals surface area contributed by atoms with Gasteiger partial charge in [-0.2, -0.15) is 0 Å². The molecule has 0 spiro atoms. The first kappa shape index (κ1) is 11.3. The van der Waals surface area contributed by atoms with E-state index in [0.29, 0.717) is 0 Å². The summed E-state index contributed by atoms with van der Waals surface area (Å²) in [4.78, 5) is 12.3. The summed E-state index contributed by atoms with van der Waals surface area (Å²) in [5.41, 5.74) is 0. The third-order valence-electron chi connectivity index (χ3n) is 3.01. The van der Waals surface area contributed by atoms with E-state index < -0.39 is 6.09 Å². The van der Waals surface area contributed by atoms with Gasteiger partial charge in [-0.3, -0.25) is 0 Å². The SMILES string of the molecule is C[C@H]1CC[C@H](N(CCO)C(=O)O)CC1. The Morgan fingerprint density at radius 1 is 1.36 bits per heavy atom. The van der Waals surface area contributed by atoms with Gasteiger partial charge >= 0.3 is 6.09 Å². The van der Waals surface area contributed by atoms with E-state index in [4.69, 9.17) is 10.2 Å². The molecule has 0 atom stereocenters. The first-order chi connectivity index (χ1) is 6.65. The number of amides is 1. The molecule has 1 rings (SSSR count). The van der Waals surface area contributed by atoms with E-state index in [2.05, 4.69) is 6.92 Å². The van der Waals surface area contributed by atoms with E-state index in [-0.39, 0.29) is 19.2 Å². The van der Waals surface area contributed by atoms with Crippen LogP contribution >= 0.6 is 0 Å². The molecule has 1 aliphatic rings. The summed E-state index contributed by atoms with van der Waals surface area (Å²) in [6, 6.07) is 0.121. The zero-order chi connectivity index (χ0) is 10.6. The highest BCUT2D eigenvalue weighted by atomic mass is 16.4. The van der Waals surface area contributed by atoms with Crippen molar-refractivity contribution in [2.45, 2.75) is 38.6 Å². The molecule has 4 nitrogen and oxygen atoms in total. The lowest BCUT2D eigenvalue weighted by Gasteiger charge is -2.33. The fraction of sp³-hybridized carbons (Fsp3) is 0.900. The minimum absolute atomic E-state index is 0.0850. The maximum atomic E-state index is 10.9. The number of rotatable bonds is 3. The Bertz CT molecular complexity index is 188. The standard InChI is InChI=1S/C10H19NO3/c1-8-2-4-9(5-3-8)11(6-7-12)10(13)14/h8-9,12H,2-7H2,1H3,(H,13,14)/t8-,9-. The van der Waals surface area contributed by atoms with Crippen LogP contribution in [0.25, 0.3) is 0 Å². The topological polar surface area (TPSA) is 60.8 Å². The van der Waals surface area contributed by atoms with Crippen LogP contribution in [-0.4, -0.2) is 40.4 Å². The molecule has 0 saturated heterocycles. The Labute approximate surface area is 84.5 Å². The predicted octanol–water partition coefficient (Wildman–Crippen LogP) is 1.54. The molecular formula is C10H19NO3. The van der Waals surface area contributed by atoms with E-state index in [1.54, 1.807) is 0 Å². The van der Waals surface area contributed by atoms with Gasteiger partial charge in [0.2, 0.25) is 0 Å². The highest BCUT2D eigenvalue weighted by Crippen LogP contribution is 2.26. The van der Waals surface area contributed by atoms with Crippen molar-refractivity contribution in [2.24, 2.45) is 5.92 Å². The van der Waals surface area contributed by atoms with Gasteiger partial charge in [-0.15, -0.1) is 0 Å². The monoisotopic (exact) mass is 201 g/mol. The van der Waals surface area contributed by atoms with E-state index in [9.17, 15) is 4.79 Å². The highest BCUT2D eigenvalue weighted by Gasteiger charge is 2.26. The summed E-state index contributed by atoms with van der Waals surface area (Å²) < 4.78 is 0. The molecule has 2 N–H and O–H groups in total. The summed E-state index contributed by atoms with van der Waals surface area (Å²) in [5, 5.41) is 17.7. The van der Waals surface area contributed by atoms with Crippen LogP contribution in [0.2, 0.25) is 0 Å². The molecule has 1 saturated carbocycles. The summed E-state index contributed by atoms with van der Waals surface area (Å²) >= 11 is 0. The summed E-state index contributed by atoms with van der Waals surface area (Å²) in [6.07, 6.45) is 3.17. The molecule has 4 heteroatoms. The second kappa shape index (κ2) is 5.20. The van der Waals surface area contributed by atoms with Gasteiger partial charge in [0.25, 0.3) is 0 Å². The van der Waals surface area contributed by atoms with Crippen molar-refractivity contribution in [3.63, 3.8) is 0 Å². The number of carboxylic acid groups (broad SMARTS) is 1. The lowest BCUT2D eigenvalue weighted by Crippen LogP contribution is -2.43. The van der Waals surface area contributed by atoms with Gasteiger partial charge in [-0.1, -0.05) is 6.92 Å². The lowest BCUT2D eigenvalue weighted by molar-refractivity contribution is 0.0915. The minimum Gasteiger partial charge on any atom is -0.465 e. The van der Waals surface area contributed by atoms with Gasteiger partial charge in [0.1, 0.15) is 0 Å². The van der Waals surface area contributed by atoms with Crippen LogP contribution in [0.1, 0.15) is 32.6 Å². The molecule has 0 bridgehead atoms. The van der Waals surface area contributed by atoms with Crippen molar-refractivity contribution in [2.75, 3.05) is 13.2 Å². The molecule has 0 aromatic rings. The van der Waals surface area contributed by atoms with E-state index in [1.807, 2.05) is 0 Å². The fourth-order valence-corrected chi connectivity index (χ4v) is 2.10. The van der Waals surface area contributed by atoms with Crippen molar-refractivity contribution in [3.05, 3.63) is 0 Å². The first-order valence-corrected chi connectivity index (χ1v) is 5.25. The Hall–Kier alpha value is -0.770. The largest absolute Gasteiger partial charge is 0.465 e. The van der Waals surface area contributed by atoms with Gasteiger partial charge in [0, 0.05) is 12.6 Å². The maximum Gasteiger partial charge on any atom is 0.407 e. The summed E-state index contributed by atoms with van der Waals surface area (Å²) in [6.45, 7) is 2.36.